The fraction of sp³-hybridized carbons (Fsp3) is 1.00. The van der Waals surface area contributed by atoms with Crippen LogP contribution in [-0.2, 0) is 8.92 Å². The van der Waals surface area contributed by atoms with Crippen LogP contribution in [0.2, 0.25) is 0 Å². The van der Waals surface area contributed by atoms with E-state index in [-0.39, 0.29) is 4.75 Å². The highest BCUT2D eigenvalue weighted by Gasteiger charge is 2.50. The Labute approximate surface area is 88.9 Å². The zero-order chi connectivity index (χ0) is 10.6. The molecule has 0 amide bonds. The van der Waals surface area contributed by atoms with Crippen LogP contribution in [0.5, 0.6) is 0 Å². The van der Waals surface area contributed by atoms with Gasteiger partial charge in [-0.05, 0) is 12.5 Å². The first-order valence-corrected chi connectivity index (χ1v) is 7.74. The van der Waals surface area contributed by atoms with Gasteiger partial charge in [-0.15, -0.1) is 10.3 Å². The molecule has 0 radical (unpaired) electrons. The first kappa shape index (κ1) is 10.8. The second-order valence-electron chi connectivity index (χ2n) is 5.75. The standard InChI is InChI=1S/C11H22O2S/c1-11(2,3)14(4,5)13-8-6-9-10(7-8)12-9/h8-10H,6-7H2,1-5H3. The molecular formula is C11H22O2S. The van der Waals surface area contributed by atoms with E-state index in [1.807, 2.05) is 0 Å². The lowest BCUT2D eigenvalue weighted by Gasteiger charge is -2.45. The lowest BCUT2D eigenvalue weighted by atomic mass is 10.3. The highest BCUT2D eigenvalue weighted by molar-refractivity contribution is 8.29. The van der Waals surface area contributed by atoms with Gasteiger partial charge in [0.05, 0.1) is 18.3 Å². The molecular weight excluding hydrogens is 196 g/mol. The minimum absolute atomic E-state index is 0.278. The number of hydrogen-bond acceptors (Lipinski definition) is 2. The monoisotopic (exact) mass is 218 g/mol. The molecule has 2 rings (SSSR count). The maximum Gasteiger partial charge on any atom is 0.0868 e. The topological polar surface area (TPSA) is 21.8 Å². The van der Waals surface area contributed by atoms with Gasteiger partial charge in [-0.3, -0.25) is 0 Å². The molecule has 1 saturated heterocycles. The van der Waals surface area contributed by atoms with Crippen LogP contribution < -0.4 is 0 Å². The average Bonchev–Trinajstić information content (AvgIpc) is 2.56. The fourth-order valence-corrected chi connectivity index (χ4v) is 2.90. The van der Waals surface area contributed by atoms with E-state index in [0.29, 0.717) is 18.3 Å². The molecule has 1 heterocycles. The maximum atomic E-state index is 6.27. The quantitative estimate of drug-likeness (QED) is 0.665. The number of ether oxygens (including phenoxy) is 1. The highest BCUT2D eigenvalue weighted by atomic mass is 32.3. The van der Waals surface area contributed by atoms with E-state index in [1.165, 1.54) is 0 Å². The van der Waals surface area contributed by atoms with Crippen molar-refractivity contribution >= 4 is 10.3 Å². The van der Waals surface area contributed by atoms with Crippen molar-refractivity contribution in [3.05, 3.63) is 0 Å². The summed E-state index contributed by atoms with van der Waals surface area (Å²) < 4.78 is 12.0. The second-order valence-corrected chi connectivity index (χ2v) is 9.63. The van der Waals surface area contributed by atoms with Gasteiger partial charge in [0.1, 0.15) is 0 Å². The second kappa shape index (κ2) is 3.13. The van der Waals surface area contributed by atoms with Gasteiger partial charge >= 0.3 is 0 Å². The summed E-state index contributed by atoms with van der Waals surface area (Å²) in [7, 11) is -0.940. The summed E-state index contributed by atoms with van der Waals surface area (Å²) in [5.41, 5.74) is 0. The first-order valence-electron chi connectivity index (χ1n) is 5.36. The first-order chi connectivity index (χ1) is 6.29. The van der Waals surface area contributed by atoms with E-state index >= 15 is 0 Å². The molecule has 0 aromatic carbocycles. The summed E-state index contributed by atoms with van der Waals surface area (Å²) in [6, 6.07) is 0. The van der Waals surface area contributed by atoms with E-state index < -0.39 is 10.3 Å². The minimum Gasteiger partial charge on any atom is -0.369 e. The Morgan fingerprint density at radius 3 is 2.07 bits per heavy atom. The van der Waals surface area contributed by atoms with E-state index in [4.69, 9.17) is 8.92 Å². The molecule has 0 spiro atoms. The summed E-state index contributed by atoms with van der Waals surface area (Å²) in [6.45, 7) is 6.82. The third kappa shape index (κ3) is 1.95. The van der Waals surface area contributed by atoms with Gasteiger partial charge in [0.25, 0.3) is 0 Å². The van der Waals surface area contributed by atoms with Crippen LogP contribution in [0.1, 0.15) is 33.6 Å². The normalized spacial score (nSPS) is 38.2. The predicted molar refractivity (Wildman–Crippen MR) is 62.0 cm³/mol. The van der Waals surface area contributed by atoms with Crippen LogP contribution in [0.25, 0.3) is 0 Å². The largest absolute Gasteiger partial charge is 0.369 e. The third-order valence-electron chi connectivity index (χ3n) is 3.53. The van der Waals surface area contributed by atoms with Gasteiger partial charge in [0.15, 0.2) is 0 Å². The molecule has 2 atom stereocenters. The van der Waals surface area contributed by atoms with E-state index in [2.05, 4.69) is 33.3 Å². The number of epoxide rings is 1. The Morgan fingerprint density at radius 2 is 1.64 bits per heavy atom. The molecule has 2 aliphatic rings. The molecule has 1 aliphatic heterocycles. The molecule has 0 aromatic rings. The van der Waals surface area contributed by atoms with Crippen LogP contribution in [-0.4, -0.2) is 35.6 Å². The molecule has 0 aromatic heterocycles. The van der Waals surface area contributed by atoms with E-state index in [9.17, 15) is 0 Å². The van der Waals surface area contributed by atoms with Crippen molar-refractivity contribution in [1.82, 2.24) is 0 Å². The van der Waals surface area contributed by atoms with Gasteiger partial charge in [-0.1, -0.05) is 20.8 Å². The van der Waals surface area contributed by atoms with Crippen molar-refractivity contribution in [2.75, 3.05) is 12.5 Å². The van der Waals surface area contributed by atoms with Crippen molar-refractivity contribution in [3.8, 4) is 0 Å². The Bertz CT molecular complexity index is 222. The highest BCUT2D eigenvalue weighted by Crippen LogP contribution is 2.57. The molecule has 0 N–H and O–H groups in total. The summed E-state index contributed by atoms with van der Waals surface area (Å²) in [5, 5.41) is 0. The average molecular weight is 218 g/mol. The Kier molecular flexibility index (Phi) is 2.41. The van der Waals surface area contributed by atoms with Crippen molar-refractivity contribution < 1.29 is 8.92 Å². The van der Waals surface area contributed by atoms with Crippen molar-refractivity contribution in [2.45, 2.75) is 56.7 Å². The summed E-state index contributed by atoms with van der Waals surface area (Å²) in [6.07, 6.45) is 8.33. The van der Waals surface area contributed by atoms with Gasteiger partial charge in [-0.2, -0.15) is 0 Å². The molecule has 1 saturated carbocycles. The number of rotatable bonds is 2. The van der Waals surface area contributed by atoms with Crippen LogP contribution in [0.15, 0.2) is 0 Å². The smallest absolute Gasteiger partial charge is 0.0868 e. The molecule has 14 heavy (non-hydrogen) atoms. The van der Waals surface area contributed by atoms with Crippen molar-refractivity contribution in [1.29, 1.82) is 0 Å². The van der Waals surface area contributed by atoms with E-state index in [0.717, 1.165) is 12.8 Å². The Morgan fingerprint density at radius 1 is 1.14 bits per heavy atom. The lowest BCUT2D eigenvalue weighted by molar-refractivity contribution is 0.166. The molecule has 2 unspecified atom stereocenters. The van der Waals surface area contributed by atoms with Crippen LogP contribution >= 0.6 is 10.3 Å². The fourth-order valence-electron chi connectivity index (χ4n) is 1.77. The summed E-state index contributed by atoms with van der Waals surface area (Å²) >= 11 is 0. The van der Waals surface area contributed by atoms with E-state index in [1.54, 1.807) is 0 Å². The van der Waals surface area contributed by atoms with Crippen molar-refractivity contribution in [2.24, 2.45) is 0 Å². The van der Waals surface area contributed by atoms with Crippen LogP contribution in [0, 0.1) is 0 Å². The Hall–Kier alpha value is 0.270. The lowest BCUT2D eigenvalue weighted by Crippen LogP contribution is -2.28. The Balaban J connectivity index is 1.90. The van der Waals surface area contributed by atoms with Gasteiger partial charge in [0, 0.05) is 17.6 Å². The number of hydrogen-bond donors (Lipinski definition) is 0. The molecule has 0 bridgehead atoms. The summed E-state index contributed by atoms with van der Waals surface area (Å²) in [4.78, 5) is 0. The molecule has 2 fully saturated rings. The predicted octanol–water partition coefficient (Wildman–Crippen LogP) is 2.71. The zero-order valence-electron chi connectivity index (χ0n) is 9.87. The van der Waals surface area contributed by atoms with Crippen LogP contribution in [0.4, 0.5) is 0 Å². The van der Waals surface area contributed by atoms with Crippen LogP contribution in [0.3, 0.4) is 0 Å². The van der Waals surface area contributed by atoms with Gasteiger partial charge in [-0.25, -0.2) is 0 Å². The molecule has 1 aliphatic carbocycles. The van der Waals surface area contributed by atoms with Gasteiger partial charge in [0.2, 0.25) is 0 Å². The molecule has 3 heteroatoms. The SMILES string of the molecule is CC(C)(C)S(C)(C)OC1CC2OC2C1. The molecule has 2 nitrogen and oxygen atoms in total. The minimum atomic E-state index is -0.940. The van der Waals surface area contributed by atoms with Crippen molar-refractivity contribution in [3.63, 3.8) is 0 Å². The number of fused-ring (bicyclic) bond motifs is 1. The molecule has 84 valence electrons. The van der Waals surface area contributed by atoms with Gasteiger partial charge < -0.3 is 8.92 Å². The zero-order valence-corrected chi connectivity index (χ0v) is 10.7. The third-order valence-corrected chi connectivity index (χ3v) is 7.23. The summed E-state index contributed by atoms with van der Waals surface area (Å²) in [5.74, 6) is 0. The maximum absolute atomic E-state index is 6.27.